The number of hydrogen-bond acceptors (Lipinski definition) is 5. The highest BCUT2D eigenvalue weighted by Crippen LogP contribution is 2.25. The molecule has 1 aliphatic carbocycles. The Labute approximate surface area is 253 Å². The fourth-order valence-corrected chi connectivity index (χ4v) is 6.32. The van der Waals surface area contributed by atoms with E-state index in [2.05, 4.69) is 5.32 Å². The van der Waals surface area contributed by atoms with Crippen molar-refractivity contribution in [2.24, 2.45) is 0 Å². The van der Waals surface area contributed by atoms with Crippen LogP contribution in [-0.2, 0) is 32.6 Å². The van der Waals surface area contributed by atoms with Crippen LogP contribution in [0.25, 0.3) is 0 Å². The van der Waals surface area contributed by atoms with Gasteiger partial charge in [-0.05, 0) is 54.3 Å². The zero-order valence-corrected chi connectivity index (χ0v) is 25.6. The van der Waals surface area contributed by atoms with Gasteiger partial charge >= 0.3 is 0 Å². The number of halogens is 1. The Morgan fingerprint density at radius 1 is 0.952 bits per heavy atom. The maximum absolute atomic E-state index is 14.2. The number of rotatable bonds is 12. The van der Waals surface area contributed by atoms with E-state index in [1.165, 1.54) is 12.0 Å². The van der Waals surface area contributed by atoms with Gasteiger partial charge in [0, 0.05) is 24.0 Å². The van der Waals surface area contributed by atoms with Crippen molar-refractivity contribution in [2.75, 3.05) is 24.2 Å². The van der Waals surface area contributed by atoms with Gasteiger partial charge in [0.05, 0.1) is 19.1 Å². The van der Waals surface area contributed by atoms with Gasteiger partial charge in [0.15, 0.2) is 0 Å². The molecule has 0 heterocycles. The molecule has 224 valence electrons. The number of hydrogen-bond donors (Lipinski definition) is 1. The van der Waals surface area contributed by atoms with Crippen LogP contribution in [0.2, 0.25) is 5.02 Å². The summed E-state index contributed by atoms with van der Waals surface area (Å²) in [5, 5.41) is 3.65. The Bertz CT molecular complexity index is 1440. The molecule has 3 aromatic carbocycles. The molecule has 1 N–H and O–H groups in total. The maximum atomic E-state index is 14.2. The lowest BCUT2D eigenvalue weighted by molar-refractivity contribution is -0.140. The van der Waals surface area contributed by atoms with Gasteiger partial charge < -0.3 is 15.0 Å². The Morgan fingerprint density at radius 3 is 2.21 bits per heavy atom. The molecule has 42 heavy (non-hydrogen) atoms. The summed E-state index contributed by atoms with van der Waals surface area (Å²) in [6.07, 6.45) is 6.33. The third-order valence-electron chi connectivity index (χ3n) is 7.56. The first-order valence-corrected chi connectivity index (χ1v) is 16.4. The Morgan fingerprint density at radius 2 is 1.60 bits per heavy atom. The van der Waals surface area contributed by atoms with Crippen molar-refractivity contribution in [3.8, 4) is 5.75 Å². The highest BCUT2D eigenvalue weighted by molar-refractivity contribution is 7.92. The van der Waals surface area contributed by atoms with Gasteiger partial charge in [-0.1, -0.05) is 79.4 Å². The molecule has 1 saturated carbocycles. The van der Waals surface area contributed by atoms with E-state index >= 15 is 0 Å². The summed E-state index contributed by atoms with van der Waals surface area (Å²) >= 11 is 6.52. The Balaban J connectivity index is 1.72. The number of benzene rings is 3. The highest BCUT2D eigenvalue weighted by Gasteiger charge is 2.34. The molecule has 0 spiro atoms. The largest absolute Gasteiger partial charge is 0.497 e. The molecule has 10 heteroatoms. The molecule has 0 bridgehead atoms. The van der Waals surface area contributed by atoms with Crippen LogP contribution in [0, 0.1) is 0 Å². The topological polar surface area (TPSA) is 96.0 Å². The van der Waals surface area contributed by atoms with E-state index in [0.717, 1.165) is 48.2 Å². The van der Waals surface area contributed by atoms with Crippen molar-refractivity contribution in [2.45, 2.75) is 57.2 Å². The van der Waals surface area contributed by atoms with E-state index in [9.17, 15) is 18.0 Å². The molecule has 0 aromatic heterocycles. The number of carbonyl (C=O) groups is 2. The minimum Gasteiger partial charge on any atom is -0.497 e. The van der Waals surface area contributed by atoms with Crippen molar-refractivity contribution in [3.63, 3.8) is 0 Å². The first kappa shape index (κ1) is 31.4. The van der Waals surface area contributed by atoms with Gasteiger partial charge in [0.1, 0.15) is 18.3 Å². The van der Waals surface area contributed by atoms with Crippen LogP contribution < -0.4 is 14.4 Å². The van der Waals surface area contributed by atoms with Gasteiger partial charge in [-0.25, -0.2) is 8.42 Å². The number of ether oxygens (including phenoxy) is 1. The lowest BCUT2D eigenvalue weighted by atomic mass is 9.94. The van der Waals surface area contributed by atoms with Crippen molar-refractivity contribution in [1.82, 2.24) is 10.2 Å². The van der Waals surface area contributed by atoms with Crippen molar-refractivity contribution >= 4 is 39.1 Å². The second-order valence-electron chi connectivity index (χ2n) is 10.6. The molecule has 4 rings (SSSR count). The summed E-state index contributed by atoms with van der Waals surface area (Å²) in [5.41, 5.74) is 1.86. The third-order valence-corrected chi connectivity index (χ3v) is 9.07. The number of nitrogens with zero attached hydrogens (tertiary/aromatic N) is 2. The van der Waals surface area contributed by atoms with Gasteiger partial charge in [-0.3, -0.25) is 13.9 Å². The summed E-state index contributed by atoms with van der Waals surface area (Å²) in [4.78, 5) is 29.7. The second kappa shape index (κ2) is 14.6. The monoisotopic (exact) mass is 611 g/mol. The standard InChI is InChI=1S/C32H38ClN3O5S/c1-41-28-19-17-27(18-20-28)36(42(2,39)40)23-31(37)35(22-25-13-9-10-16-29(25)33)30(21-24-11-5-3-6-12-24)32(38)34-26-14-7-4-8-15-26/h3,5-6,9-13,16-20,26,30H,4,7-8,14-15,21-23H2,1-2H3,(H,34,38)/t30-/m0/s1. The second-order valence-corrected chi connectivity index (χ2v) is 12.9. The summed E-state index contributed by atoms with van der Waals surface area (Å²) in [6, 6.07) is 22.2. The smallest absolute Gasteiger partial charge is 0.244 e. The molecule has 0 saturated heterocycles. The number of anilines is 1. The Kier molecular flexibility index (Phi) is 10.9. The molecular formula is C32H38ClN3O5S. The maximum Gasteiger partial charge on any atom is 0.244 e. The highest BCUT2D eigenvalue weighted by atomic mass is 35.5. The number of carbonyl (C=O) groups excluding carboxylic acids is 2. The molecule has 0 unspecified atom stereocenters. The minimum absolute atomic E-state index is 0.0357. The fraction of sp³-hybridized carbons (Fsp3) is 0.375. The van der Waals surface area contributed by atoms with Gasteiger partial charge in [-0.2, -0.15) is 0 Å². The number of methoxy groups -OCH3 is 1. The van der Waals surface area contributed by atoms with Crippen molar-refractivity contribution < 1.29 is 22.7 Å². The van der Waals surface area contributed by atoms with Crippen LogP contribution >= 0.6 is 11.6 Å². The van der Waals surface area contributed by atoms with E-state index in [0.29, 0.717) is 22.0 Å². The molecule has 0 aliphatic heterocycles. The van der Waals surface area contributed by atoms with E-state index in [1.54, 1.807) is 42.5 Å². The lowest BCUT2D eigenvalue weighted by Gasteiger charge is -2.35. The first-order chi connectivity index (χ1) is 20.2. The van der Waals surface area contributed by atoms with Gasteiger partial charge in [0.25, 0.3) is 0 Å². The van der Waals surface area contributed by atoms with Gasteiger partial charge in [-0.15, -0.1) is 0 Å². The van der Waals surface area contributed by atoms with E-state index in [4.69, 9.17) is 16.3 Å². The lowest BCUT2D eigenvalue weighted by Crippen LogP contribution is -2.55. The zero-order chi connectivity index (χ0) is 30.1. The quantitative estimate of drug-likeness (QED) is 0.304. The third kappa shape index (κ3) is 8.49. The Hall–Kier alpha value is -3.56. The summed E-state index contributed by atoms with van der Waals surface area (Å²) in [7, 11) is -2.34. The number of amides is 2. The van der Waals surface area contributed by atoms with Crippen LogP contribution in [0.5, 0.6) is 5.75 Å². The van der Waals surface area contributed by atoms with Crippen LogP contribution in [0.15, 0.2) is 78.9 Å². The van der Waals surface area contributed by atoms with Crippen LogP contribution in [0.1, 0.15) is 43.2 Å². The van der Waals surface area contributed by atoms with Crippen molar-refractivity contribution in [1.29, 1.82) is 0 Å². The SMILES string of the molecule is COc1ccc(N(CC(=O)N(Cc2ccccc2Cl)[C@@H](Cc2ccccc2)C(=O)NC2CCCCC2)S(C)(=O)=O)cc1. The molecule has 1 atom stereocenters. The van der Waals surface area contributed by atoms with Gasteiger partial charge in [0.2, 0.25) is 21.8 Å². The molecule has 1 fully saturated rings. The average Bonchev–Trinajstić information content (AvgIpc) is 2.99. The molecule has 1 aliphatic rings. The summed E-state index contributed by atoms with van der Waals surface area (Å²) in [5.74, 6) is -0.224. The molecule has 8 nitrogen and oxygen atoms in total. The molecule has 2 amide bonds. The predicted molar refractivity (Wildman–Crippen MR) is 166 cm³/mol. The number of nitrogens with one attached hydrogen (secondary N) is 1. The van der Waals surface area contributed by atoms with E-state index < -0.39 is 28.5 Å². The number of sulfonamides is 1. The van der Waals surface area contributed by atoms with E-state index in [-0.39, 0.29) is 24.9 Å². The first-order valence-electron chi connectivity index (χ1n) is 14.1. The molecule has 0 radical (unpaired) electrons. The van der Waals surface area contributed by atoms with Crippen LogP contribution in [0.3, 0.4) is 0 Å². The molecular weight excluding hydrogens is 574 g/mol. The summed E-state index contributed by atoms with van der Waals surface area (Å²) < 4.78 is 32.1. The fourth-order valence-electron chi connectivity index (χ4n) is 5.27. The van der Waals surface area contributed by atoms with Crippen LogP contribution in [-0.4, -0.2) is 57.1 Å². The normalized spacial score (nSPS) is 14.5. The average molecular weight is 612 g/mol. The minimum atomic E-state index is -3.86. The van der Waals surface area contributed by atoms with Crippen LogP contribution in [0.4, 0.5) is 5.69 Å². The predicted octanol–water partition coefficient (Wildman–Crippen LogP) is 5.20. The summed E-state index contributed by atoms with van der Waals surface area (Å²) in [6.45, 7) is -0.452. The molecule has 3 aromatic rings. The van der Waals surface area contributed by atoms with Crippen molar-refractivity contribution in [3.05, 3.63) is 95.0 Å². The van der Waals surface area contributed by atoms with E-state index in [1.807, 2.05) is 36.4 Å². The zero-order valence-electron chi connectivity index (χ0n) is 24.0.